The Bertz CT molecular complexity index is 683. The lowest BCUT2D eigenvalue weighted by Crippen LogP contribution is -2.25. The second kappa shape index (κ2) is 6.28. The lowest BCUT2D eigenvalue weighted by Gasteiger charge is -2.08. The van der Waals surface area contributed by atoms with Gasteiger partial charge in [-0.3, -0.25) is 9.59 Å². The standard InChI is InChI=1S/C15H12ClNO4/c1-9(18)21-17-15(20)13-7-4-11(8-14(13)19)10-2-5-12(16)6-3-10/h2-8,19H,1H3,(H,17,20). The number of aromatic hydroxyl groups is 1. The summed E-state index contributed by atoms with van der Waals surface area (Å²) in [5.41, 5.74) is 3.53. The van der Waals surface area contributed by atoms with Crippen molar-refractivity contribution >= 4 is 23.5 Å². The summed E-state index contributed by atoms with van der Waals surface area (Å²) in [4.78, 5) is 26.7. The van der Waals surface area contributed by atoms with E-state index in [4.69, 9.17) is 11.6 Å². The highest BCUT2D eigenvalue weighted by atomic mass is 35.5. The Balaban J connectivity index is 2.23. The van der Waals surface area contributed by atoms with Crippen molar-refractivity contribution < 1.29 is 19.5 Å². The minimum Gasteiger partial charge on any atom is -0.507 e. The predicted molar refractivity (Wildman–Crippen MR) is 77.8 cm³/mol. The Labute approximate surface area is 126 Å². The molecule has 0 saturated carbocycles. The zero-order valence-corrected chi connectivity index (χ0v) is 11.8. The van der Waals surface area contributed by atoms with Crippen molar-refractivity contribution in [2.75, 3.05) is 0 Å². The van der Waals surface area contributed by atoms with Crippen molar-refractivity contribution in [2.24, 2.45) is 0 Å². The quantitative estimate of drug-likeness (QED) is 0.837. The molecule has 0 aliphatic rings. The van der Waals surface area contributed by atoms with Gasteiger partial charge in [-0.15, -0.1) is 0 Å². The van der Waals surface area contributed by atoms with Gasteiger partial charge in [0.1, 0.15) is 5.75 Å². The molecule has 2 N–H and O–H groups in total. The molecule has 21 heavy (non-hydrogen) atoms. The summed E-state index contributed by atoms with van der Waals surface area (Å²) in [5.74, 6) is -1.57. The molecule has 0 radical (unpaired) electrons. The van der Waals surface area contributed by atoms with Crippen molar-refractivity contribution in [3.05, 3.63) is 53.1 Å². The fraction of sp³-hybridized carbons (Fsp3) is 0.0667. The SMILES string of the molecule is CC(=O)ONC(=O)c1ccc(-c2ccc(Cl)cc2)cc1O. The molecule has 0 saturated heterocycles. The summed E-state index contributed by atoms with van der Waals surface area (Å²) in [6.45, 7) is 1.16. The van der Waals surface area contributed by atoms with Crippen LogP contribution in [0.3, 0.4) is 0 Å². The molecule has 0 fully saturated rings. The van der Waals surface area contributed by atoms with E-state index in [-0.39, 0.29) is 11.3 Å². The molecule has 0 heterocycles. The average Bonchev–Trinajstić information content (AvgIpc) is 2.45. The molecule has 0 atom stereocenters. The highest BCUT2D eigenvalue weighted by Crippen LogP contribution is 2.27. The number of amides is 1. The Morgan fingerprint density at radius 3 is 2.29 bits per heavy atom. The first-order valence-electron chi connectivity index (χ1n) is 6.04. The number of carbonyl (C=O) groups is 2. The lowest BCUT2D eigenvalue weighted by atomic mass is 10.0. The summed E-state index contributed by atoms with van der Waals surface area (Å²) < 4.78 is 0. The summed E-state index contributed by atoms with van der Waals surface area (Å²) in [7, 11) is 0. The minimum absolute atomic E-state index is 0.00830. The van der Waals surface area contributed by atoms with Crippen molar-refractivity contribution in [2.45, 2.75) is 6.92 Å². The topological polar surface area (TPSA) is 75.6 Å². The number of carbonyl (C=O) groups excluding carboxylic acids is 2. The molecule has 0 spiro atoms. The highest BCUT2D eigenvalue weighted by molar-refractivity contribution is 6.30. The van der Waals surface area contributed by atoms with Crippen LogP contribution in [0.1, 0.15) is 17.3 Å². The molecule has 0 aliphatic carbocycles. The third-order valence-electron chi connectivity index (χ3n) is 2.71. The van der Waals surface area contributed by atoms with Crippen molar-refractivity contribution in [1.82, 2.24) is 5.48 Å². The molecule has 108 valence electrons. The number of rotatable bonds is 2. The number of phenols is 1. The second-order valence-corrected chi connectivity index (χ2v) is 4.70. The summed E-state index contributed by atoms with van der Waals surface area (Å²) in [6.07, 6.45) is 0. The second-order valence-electron chi connectivity index (χ2n) is 4.26. The smallest absolute Gasteiger partial charge is 0.329 e. The van der Waals surface area contributed by atoms with E-state index in [0.717, 1.165) is 18.1 Å². The summed E-state index contributed by atoms with van der Waals surface area (Å²) in [6, 6.07) is 11.6. The first kappa shape index (κ1) is 14.9. The molecule has 2 rings (SSSR count). The van der Waals surface area contributed by atoms with E-state index in [1.165, 1.54) is 12.1 Å². The molecule has 2 aromatic rings. The number of halogens is 1. The number of hydrogen-bond acceptors (Lipinski definition) is 4. The normalized spacial score (nSPS) is 10.0. The van der Waals surface area contributed by atoms with E-state index < -0.39 is 11.9 Å². The Kier molecular flexibility index (Phi) is 4.45. The fourth-order valence-electron chi connectivity index (χ4n) is 1.72. The monoisotopic (exact) mass is 305 g/mol. The van der Waals surface area contributed by atoms with Gasteiger partial charge in [0, 0.05) is 11.9 Å². The summed E-state index contributed by atoms with van der Waals surface area (Å²) in [5, 5.41) is 10.5. The molecule has 5 nitrogen and oxygen atoms in total. The Morgan fingerprint density at radius 1 is 1.10 bits per heavy atom. The highest BCUT2D eigenvalue weighted by Gasteiger charge is 2.13. The van der Waals surface area contributed by atoms with Gasteiger partial charge in [-0.25, -0.2) is 0 Å². The van der Waals surface area contributed by atoms with E-state index in [1.807, 2.05) is 5.48 Å². The van der Waals surface area contributed by atoms with E-state index in [9.17, 15) is 14.7 Å². The van der Waals surface area contributed by atoms with Gasteiger partial charge in [0.25, 0.3) is 5.91 Å². The van der Waals surface area contributed by atoms with Gasteiger partial charge in [0.15, 0.2) is 0 Å². The van der Waals surface area contributed by atoms with Crippen molar-refractivity contribution in [1.29, 1.82) is 0 Å². The number of phenolic OH excluding ortho intramolecular Hbond substituents is 1. The molecular weight excluding hydrogens is 294 g/mol. The molecular formula is C15H12ClNO4. The van der Waals surface area contributed by atoms with Crippen LogP contribution in [0.5, 0.6) is 5.75 Å². The van der Waals surface area contributed by atoms with Crippen molar-refractivity contribution in [3.63, 3.8) is 0 Å². The number of hydroxylamine groups is 1. The van der Waals surface area contributed by atoms with Gasteiger partial charge >= 0.3 is 5.97 Å². The van der Waals surface area contributed by atoms with Gasteiger partial charge in [-0.2, -0.15) is 5.48 Å². The van der Waals surface area contributed by atoms with E-state index in [1.54, 1.807) is 30.3 Å². The first-order chi connectivity index (χ1) is 9.97. The van der Waals surface area contributed by atoms with Crippen LogP contribution in [-0.2, 0) is 9.63 Å². The van der Waals surface area contributed by atoms with Crippen LogP contribution >= 0.6 is 11.6 Å². The van der Waals surface area contributed by atoms with Crippen LogP contribution in [0.4, 0.5) is 0 Å². The third-order valence-corrected chi connectivity index (χ3v) is 2.96. The van der Waals surface area contributed by atoms with Gasteiger partial charge in [0.05, 0.1) is 5.56 Å². The maximum absolute atomic E-state index is 11.7. The summed E-state index contributed by atoms with van der Waals surface area (Å²) >= 11 is 5.81. The van der Waals surface area contributed by atoms with Crippen LogP contribution in [0.25, 0.3) is 11.1 Å². The number of benzene rings is 2. The van der Waals surface area contributed by atoms with E-state index in [2.05, 4.69) is 4.84 Å². The Hall–Kier alpha value is -2.53. The van der Waals surface area contributed by atoms with Crippen LogP contribution in [0.15, 0.2) is 42.5 Å². The molecule has 0 bridgehead atoms. The van der Waals surface area contributed by atoms with Crippen LogP contribution < -0.4 is 5.48 Å². The Morgan fingerprint density at radius 2 is 1.71 bits per heavy atom. The minimum atomic E-state index is -0.703. The van der Waals surface area contributed by atoms with Crippen molar-refractivity contribution in [3.8, 4) is 16.9 Å². The maximum atomic E-state index is 11.7. The number of hydrogen-bond donors (Lipinski definition) is 2. The van der Waals surface area contributed by atoms with Gasteiger partial charge in [-0.05, 0) is 35.4 Å². The van der Waals surface area contributed by atoms with Crippen LogP contribution in [-0.4, -0.2) is 17.0 Å². The van der Waals surface area contributed by atoms with Crippen LogP contribution in [0.2, 0.25) is 5.02 Å². The molecule has 0 aromatic heterocycles. The molecule has 6 heteroatoms. The lowest BCUT2D eigenvalue weighted by molar-refractivity contribution is -0.146. The average molecular weight is 306 g/mol. The zero-order chi connectivity index (χ0) is 15.4. The predicted octanol–water partition coefficient (Wildman–Crippen LogP) is 2.92. The van der Waals surface area contributed by atoms with Crippen LogP contribution in [0, 0.1) is 0 Å². The molecule has 1 amide bonds. The maximum Gasteiger partial charge on any atom is 0.329 e. The van der Waals surface area contributed by atoms with Gasteiger partial charge in [0.2, 0.25) is 0 Å². The zero-order valence-electron chi connectivity index (χ0n) is 11.1. The molecule has 0 unspecified atom stereocenters. The largest absolute Gasteiger partial charge is 0.507 e. The van der Waals surface area contributed by atoms with E-state index >= 15 is 0 Å². The van der Waals surface area contributed by atoms with Gasteiger partial charge < -0.3 is 9.94 Å². The third kappa shape index (κ3) is 3.73. The first-order valence-corrected chi connectivity index (χ1v) is 6.42. The molecule has 0 aliphatic heterocycles. The van der Waals surface area contributed by atoms with Gasteiger partial charge in [-0.1, -0.05) is 29.8 Å². The number of nitrogens with one attached hydrogen (secondary N) is 1. The molecule has 2 aromatic carbocycles. The van der Waals surface area contributed by atoms with E-state index in [0.29, 0.717) is 5.02 Å². The fourth-order valence-corrected chi connectivity index (χ4v) is 1.84.